The number of hydrogen-bond donors (Lipinski definition) is 0. The number of fused-ring (bicyclic) bond motifs is 2. The summed E-state index contributed by atoms with van der Waals surface area (Å²) in [4.78, 5) is 11.7. The molecule has 0 amide bonds. The van der Waals surface area contributed by atoms with E-state index < -0.39 is 0 Å². The Labute approximate surface area is 129 Å². The summed E-state index contributed by atoms with van der Waals surface area (Å²) in [7, 11) is 0. The molecule has 3 aliphatic carbocycles. The molecule has 0 aromatic heterocycles. The molecule has 0 aliphatic heterocycles. The number of hydrogen-bond acceptors (Lipinski definition) is 1. The van der Waals surface area contributed by atoms with E-state index in [2.05, 4.69) is 32.9 Å². The molecule has 0 saturated heterocycles. The van der Waals surface area contributed by atoms with Crippen LogP contribution in [0.25, 0.3) is 0 Å². The maximum Gasteiger partial charge on any atom is 0.156 e. The quantitative estimate of drug-likeness (QED) is 0.679. The van der Waals surface area contributed by atoms with Gasteiger partial charge in [0.15, 0.2) is 5.78 Å². The standard InChI is InChI=1S/C20H28O/c1-4-11-20(3)12-10-17-16-9-7-15(21)13-14(16)6-8-18(17)19(20)5-2/h10,12-13,18-19H,4-9,11H2,1-3H3/t18-,19+,20-/m1/s1. The third-order valence-electron chi connectivity index (χ3n) is 6.02. The summed E-state index contributed by atoms with van der Waals surface area (Å²) >= 11 is 0. The summed E-state index contributed by atoms with van der Waals surface area (Å²) in [6.07, 6.45) is 14.7. The highest BCUT2D eigenvalue weighted by atomic mass is 16.1. The molecule has 0 saturated carbocycles. The van der Waals surface area contributed by atoms with E-state index in [1.807, 2.05) is 6.08 Å². The van der Waals surface area contributed by atoms with E-state index in [4.69, 9.17) is 0 Å². The van der Waals surface area contributed by atoms with Crippen LogP contribution >= 0.6 is 0 Å². The Morgan fingerprint density at radius 3 is 2.76 bits per heavy atom. The highest BCUT2D eigenvalue weighted by Crippen LogP contribution is 2.53. The molecule has 3 rings (SSSR count). The van der Waals surface area contributed by atoms with Gasteiger partial charge in [-0.3, -0.25) is 4.79 Å². The molecule has 0 fully saturated rings. The fourth-order valence-electron chi connectivity index (χ4n) is 5.07. The van der Waals surface area contributed by atoms with Crippen LogP contribution in [0.1, 0.15) is 65.7 Å². The molecular weight excluding hydrogens is 256 g/mol. The Balaban J connectivity index is 2.04. The van der Waals surface area contributed by atoms with Crippen molar-refractivity contribution >= 4 is 5.78 Å². The van der Waals surface area contributed by atoms with E-state index in [0.717, 1.165) is 24.7 Å². The van der Waals surface area contributed by atoms with Crippen molar-refractivity contribution < 1.29 is 4.79 Å². The van der Waals surface area contributed by atoms with E-state index in [9.17, 15) is 4.79 Å². The SMILES string of the molecule is CCC[C@]1(C)C=CC2=C3CCC(=O)C=C3CC[C@H]2[C@@H]1CC. The van der Waals surface area contributed by atoms with Crippen molar-refractivity contribution in [2.75, 3.05) is 0 Å². The van der Waals surface area contributed by atoms with Gasteiger partial charge in [0.1, 0.15) is 0 Å². The summed E-state index contributed by atoms with van der Waals surface area (Å²) in [5.41, 5.74) is 4.79. The first-order valence-electron chi connectivity index (χ1n) is 8.75. The van der Waals surface area contributed by atoms with Gasteiger partial charge >= 0.3 is 0 Å². The second-order valence-electron chi connectivity index (χ2n) is 7.32. The van der Waals surface area contributed by atoms with Crippen LogP contribution in [0.3, 0.4) is 0 Å². The second kappa shape index (κ2) is 5.59. The largest absolute Gasteiger partial charge is 0.295 e. The van der Waals surface area contributed by atoms with Crippen molar-refractivity contribution in [3.05, 3.63) is 34.9 Å². The molecule has 0 spiro atoms. The van der Waals surface area contributed by atoms with E-state index in [1.54, 1.807) is 5.57 Å². The van der Waals surface area contributed by atoms with Crippen LogP contribution < -0.4 is 0 Å². The zero-order valence-electron chi connectivity index (χ0n) is 13.7. The average molecular weight is 284 g/mol. The van der Waals surface area contributed by atoms with E-state index in [-0.39, 0.29) is 0 Å². The smallest absolute Gasteiger partial charge is 0.156 e. The Hall–Kier alpha value is -1.11. The van der Waals surface area contributed by atoms with Crippen molar-refractivity contribution in [1.82, 2.24) is 0 Å². The summed E-state index contributed by atoms with van der Waals surface area (Å²) < 4.78 is 0. The van der Waals surface area contributed by atoms with Crippen molar-refractivity contribution in [2.24, 2.45) is 17.3 Å². The van der Waals surface area contributed by atoms with Crippen LogP contribution in [0, 0.1) is 17.3 Å². The highest BCUT2D eigenvalue weighted by Gasteiger charge is 2.42. The molecule has 0 N–H and O–H groups in total. The lowest BCUT2D eigenvalue weighted by atomic mass is 9.58. The van der Waals surface area contributed by atoms with Crippen molar-refractivity contribution in [1.29, 1.82) is 0 Å². The zero-order chi connectivity index (χ0) is 15.0. The summed E-state index contributed by atoms with van der Waals surface area (Å²) in [6, 6.07) is 0. The van der Waals surface area contributed by atoms with Gasteiger partial charge in [0.05, 0.1) is 0 Å². The van der Waals surface area contributed by atoms with Crippen LogP contribution in [-0.4, -0.2) is 5.78 Å². The van der Waals surface area contributed by atoms with Gasteiger partial charge in [-0.05, 0) is 65.7 Å². The third-order valence-corrected chi connectivity index (χ3v) is 6.02. The average Bonchev–Trinajstić information content (AvgIpc) is 2.46. The topological polar surface area (TPSA) is 17.1 Å². The summed E-state index contributed by atoms with van der Waals surface area (Å²) in [5.74, 6) is 1.82. The number of ketones is 1. The first kappa shape index (κ1) is 14.8. The molecular formula is C20H28O. The van der Waals surface area contributed by atoms with Crippen LogP contribution in [0.4, 0.5) is 0 Å². The molecule has 3 aliphatic rings. The Morgan fingerprint density at radius 2 is 2.05 bits per heavy atom. The van der Waals surface area contributed by atoms with E-state index in [0.29, 0.717) is 17.6 Å². The summed E-state index contributed by atoms with van der Waals surface area (Å²) in [6.45, 7) is 7.11. The summed E-state index contributed by atoms with van der Waals surface area (Å²) in [5, 5.41) is 0. The first-order chi connectivity index (χ1) is 10.1. The predicted octanol–water partition coefficient (Wildman–Crippen LogP) is 5.38. The fourth-order valence-corrected chi connectivity index (χ4v) is 5.07. The molecule has 1 nitrogen and oxygen atoms in total. The number of carbonyl (C=O) groups excluding carboxylic acids is 1. The predicted molar refractivity (Wildman–Crippen MR) is 88.0 cm³/mol. The van der Waals surface area contributed by atoms with Crippen LogP contribution in [-0.2, 0) is 4.79 Å². The fraction of sp³-hybridized carbons (Fsp3) is 0.650. The molecule has 0 bridgehead atoms. The lowest BCUT2D eigenvalue weighted by Gasteiger charge is -2.47. The number of carbonyl (C=O) groups is 1. The molecule has 0 radical (unpaired) electrons. The minimum atomic E-state index is 0.329. The lowest BCUT2D eigenvalue weighted by Crippen LogP contribution is -2.37. The van der Waals surface area contributed by atoms with Gasteiger partial charge in [-0.15, -0.1) is 0 Å². The normalized spacial score (nSPS) is 35.4. The van der Waals surface area contributed by atoms with E-state index >= 15 is 0 Å². The van der Waals surface area contributed by atoms with Gasteiger partial charge in [0, 0.05) is 6.42 Å². The van der Waals surface area contributed by atoms with Crippen LogP contribution in [0.15, 0.2) is 34.9 Å². The van der Waals surface area contributed by atoms with Gasteiger partial charge in [-0.25, -0.2) is 0 Å². The maximum atomic E-state index is 11.7. The van der Waals surface area contributed by atoms with E-state index in [1.165, 1.54) is 36.8 Å². The van der Waals surface area contributed by atoms with Crippen LogP contribution in [0.5, 0.6) is 0 Å². The molecule has 21 heavy (non-hydrogen) atoms. The molecule has 3 atom stereocenters. The Bertz CT molecular complexity index is 534. The van der Waals surface area contributed by atoms with Gasteiger partial charge in [-0.1, -0.05) is 45.8 Å². The number of allylic oxidation sites excluding steroid dienone is 6. The van der Waals surface area contributed by atoms with Crippen molar-refractivity contribution in [3.8, 4) is 0 Å². The maximum absolute atomic E-state index is 11.7. The first-order valence-corrected chi connectivity index (χ1v) is 8.75. The van der Waals surface area contributed by atoms with Crippen LogP contribution in [0.2, 0.25) is 0 Å². The van der Waals surface area contributed by atoms with Crippen molar-refractivity contribution in [3.63, 3.8) is 0 Å². The van der Waals surface area contributed by atoms with Gasteiger partial charge in [-0.2, -0.15) is 0 Å². The van der Waals surface area contributed by atoms with Gasteiger partial charge in [0.25, 0.3) is 0 Å². The monoisotopic (exact) mass is 284 g/mol. The van der Waals surface area contributed by atoms with Gasteiger partial charge < -0.3 is 0 Å². The Morgan fingerprint density at radius 1 is 1.24 bits per heavy atom. The lowest BCUT2D eigenvalue weighted by molar-refractivity contribution is -0.114. The second-order valence-corrected chi connectivity index (χ2v) is 7.32. The third kappa shape index (κ3) is 2.45. The molecule has 114 valence electrons. The molecule has 1 heteroatoms. The Kier molecular flexibility index (Phi) is 3.94. The molecule has 0 unspecified atom stereocenters. The highest BCUT2D eigenvalue weighted by molar-refractivity contribution is 5.93. The number of rotatable bonds is 3. The molecule has 0 heterocycles. The van der Waals surface area contributed by atoms with Gasteiger partial charge in [0.2, 0.25) is 0 Å². The minimum absolute atomic E-state index is 0.329. The zero-order valence-corrected chi connectivity index (χ0v) is 13.7. The van der Waals surface area contributed by atoms with Crippen molar-refractivity contribution in [2.45, 2.75) is 65.7 Å². The molecule has 0 aromatic carbocycles. The minimum Gasteiger partial charge on any atom is -0.295 e. The molecule has 0 aromatic rings.